The van der Waals surface area contributed by atoms with Gasteiger partial charge in [-0.1, -0.05) is 182 Å². The molecular weight excluding hydrogens is 874 g/mol. The van der Waals surface area contributed by atoms with Gasteiger partial charge >= 0.3 is 15.2 Å². The summed E-state index contributed by atoms with van der Waals surface area (Å²) in [5.41, 5.74) is 10.0. The number of benzene rings is 5. The monoisotopic (exact) mass is 938 g/mol. The highest BCUT2D eigenvalue weighted by atomic mass is 79.9. The molecule has 0 unspecified atom stereocenters. The number of aryl methyl sites for hydroxylation is 4. The second-order valence-corrected chi connectivity index (χ2v) is 27.2. The fraction of sp³-hybridized carbons (Fsp3) is 0.434. The maximum Gasteiger partial charge on any atom is 0.452 e. The molecule has 5 aromatic carbocycles. The number of fused-ring (bicyclic) bond motifs is 4. The molecule has 2 heterocycles. The van der Waals surface area contributed by atoms with Crippen molar-refractivity contribution in [3.63, 3.8) is 0 Å². The maximum atomic E-state index is 17.3. The Morgan fingerprint density at radius 2 is 0.677 bits per heavy atom. The van der Waals surface area contributed by atoms with Crippen LogP contribution in [0.2, 0.25) is 0 Å². The van der Waals surface area contributed by atoms with Gasteiger partial charge in [0.05, 0.1) is 0 Å². The molecule has 2 aliphatic rings. The summed E-state index contributed by atoms with van der Waals surface area (Å²) in [6.07, 6.45) is 0.967. The summed E-state index contributed by atoms with van der Waals surface area (Å²) in [6, 6.07) is 24.2. The van der Waals surface area contributed by atoms with Gasteiger partial charge in [-0.15, -0.1) is 0 Å². The van der Waals surface area contributed by atoms with E-state index in [9.17, 15) is 0 Å². The van der Waals surface area contributed by atoms with Crippen molar-refractivity contribution in [3.8, 4) is 23.0 Å². The summed E-state index contributed by atoms with van der Waals surface area (Å²) in [6.45, 7) is 33.8. The minimum atomic E-state index is -4.77. The topological polar surface area (TPSA) is 71.1 Å². The number of rotatable bonds is 3. The first kappa shape index (κ1) is 46.2. The van der Waals surface area contributed by atoms with E-state index in [1.54, 1.807) is 0 Å². The number of hydrogen-bond donors (Lipinski definition) is 0. The van der Waals surface area contributed by atoms with E-state index in [4.69, 9.17) is 18.1 Å². The van der Waals surface area contributed by atoms with Crippen LogP contribution in [0.3, 0.4) is 0 Å². The Labute approximate surface area is 379 Å². The van der Waals surface area contributed by atoms with Gasteiger partial charge in [0.25, 0.3) is 0 Å². The quantitative estimate of drug-likeness (QED) is 0.168. The minimum Gasteiger partial charge on any atom is -0.415 e. The van der Waals surface area contributed by atoms with E-state index in [1.807, 2.05) is 24.3 Å². The van der Waals surface area contributed by atoms with Crippen LogP contribution in [0.1, 0.15) is 161 Å². The van der Waals surface area contributed by atoms with Crippen LogP contribution in [0.4, 0.5) is 0 Å². The molecule has 9 heteroatoms. The highest BCUT2D eigenvalue weighted by Crippen LogP contribution is 2.79. The molecule has 0 saturated heterocycles. The van der Waals surface area contributed by atoms with Crippen LogP contribution >= 0.6 is 31.1 Å². The Morgan fingerprint density at radius 3 is 0.903 bits per heavy atom. The fourth-order valence-corrected chi connectivity index (χ4v) is 14.6. The van der Waals surface area contributed by atoms with Crippen LogP contribution in [-0.2, 0) is 43.6 Å². The molecule has 0 saturated carbocycles. The van der Waals surface area contributed by atoms with Gasteiger partial charge in [0.15, 0.2) is 0 Å². The molecule has 0 fully saturated rings. The fourth-order valence-electron chi connectivity index (χ4n) is 8.91. The van der Waals surface area contributed by atoms with Crippen molar-refractivity contribution in [2.24, 2.45) is 0 Å². The Balaban J connectivity index is 1.65. The lowest BCUT2D eigenvalue weighted by molar-refractivity contribution is 0.339. The largest absolute Gasteiger partial charge is 0.452 e. The van der Waals surface area contributed by atoms with E-state index in [2.05, 4.69) is 175 Å². The standard InChI is InChI=1S/C53H65BrO6P2/c1-31-21-36-29-37-22-32(2)26-42(51(8,9)10)46(37)58-61(55,57-45(36)41(25-31)50(5,6)7)49(35-17-19-40(54)20-18-35)62(56)59-47-38(23-33(3)27-43(47)52(11,12)13)30-39-24-34(4)28-44(48(39)60-62)53(14,15)16/h17-28,49H,29-30H2,1-16H3. The summed E-state index contributed by atoms with van der Waals surface area (Å²) in [7, 11) is -9.54. The molecule has 6 nitrogen and oxygen atoms in total. The summed E-state index contributed by atoms with van der Waals surface area (Å²) < 4.78 is 64.2. The van der Waals surface area contributed by atoms with Crippen molar-refractivity contribution in [3.05, 3.63) is 150 Å². The molecule has 330 valence electrons. The van der Waals surface area contributed by atoms with Gasteiger partial charge in [0.1, 0.15) is 23.0 Å². The summed E-state index contributed by atoms with van der Waals surface area (Å²) in [4.78, 5) is 0. The van der Waals surface area contributed by atoms with Crippen LogP contribution in [0.15, 0.2) is 77.3 Å². The molecule has 0 atom stereocenters. The van der Waals surface area contributed by atoms with Gasteiger partial charge in [-0.25, -0.2) is 9.13 Å². The molecule has 0 bridgehead atoms. The van der Waals surface area contributed by atoms with Crippen molar-refractivity contribution in [2.75, 3.05) is 0 Å². The van der Waals surface area contributed by atoms with Gasteiger partial charge in [0.2, 0.25) is 5.40 Å². The lowest BCUT2D eigenvalue weighted by atomic mass is 9.81. The molecular formula is C53H65BrO6P2. The minimum absolute atomic E-state index is 0.423. The van der Waals surface area contributed by atoms with E-state index >= 15 is 9.13 Å². The summed E-state index contributed by atoms with van der Waals surface area (Å²) in [5, 5.41) is -1.56. The summed E-state index contributed by atoms with van der Waals surface area (Å²) >= 11 is 3.63. The Kier molecular flexibility index (Phi) is 11.7. The normalized spacial score (nSPS) is 16.1. The molecule has 0 amide bonds. The average Bonchev–Trinajstić information content (AvgIpc) is 3.10. The zero-order valence-electron chi connectivity index (χ0n) is 39.6. The number of halogens is 1. The molecule has 2 aliphatic heterocycles. The van der Waals surface area contributed by atoms with Crippen LogP contribution < -0.4 is 18.1 Å². The molecule has 62 heavy (non-hydrogen) atoms. The molecule has 7 rings (SSSR count). The lowest BCUT2D eigenvalue weighted by Crippen LogP contribution is -2.25. The first-order valence-electron chi connectivity index (χ1n) is 21.8. The van der Waals surface area contributed by atoms with Crippen molar-refractivity contribution < 1.29 is 27.2 Å². The second kappa shape index (κ2) is 15.7. The molecule has 0 aliphatic carbocycles. The van der Waals surface area contributed by atoms with Crippen LogP contribution in [0.5, 0.6) is 23.0 Å². The summed E-state index contributed by atoms with van der Waals surface area (Å²) in [5.74, 6) is 1.87. The maximum absolute atomic E-state index is 17.3. The Hall–Kier alpha value is -3.76. The molecule has 0 aromatic heterocycles. The van der Waals surface area contributed by atoms with E-state index in [-0.39, 0.29) is 0 Å². The Bertz CT molecular complexity index is 2370. The van der Waals surface area contributed by atoms with Crippen molar-refractivity contribution in [2.45, 2.75) is 151 Å². The molecule has 0 spiro atoms. The van der Waals surface area contributed by atoms with Crippen LogP contribution in [-0.4, -0.2) is 0 Å². The van der Waals surface area contributed by atoms with Crippen molar-refractivity contribution in [1.82, 2.24) is 0 Å². The highest BCUT2D eigenvalue weighted by Gasteiger charge is 2.59. The van der Waals surface area contributed by atoms with E-state index < -0.39 is 42.3 Å². The molecule has 0 radical (unpaired) electrons. The van der Waals surface area contributed by atoms with E-state index in [0.717, 1.165) is 71.2 Å². The van der Waals surface area contributed by atoms with Gasteiger partial charge in [0, 0.05) is 39.6 Å². The average molecular weight is 940 g/mol. The second-order valence-electron chi connectivity index (χ2n) is 21.9. The number of hydrogen-bond acceptors (Lipinski definition) is 6. The zero-order valence-corrected chi connectivity index (χ0v) is 43.0. The van der Waals surface area contributed by atoms with E-state index in [0.29, 0.717) is 41.4 Å². The van der Waals surface area contributed by atoms with E-state index in [1.165, 1.54) is 0 Å². The van der Waals surface area contributed by atoms with Gasteiger partial charge in [-0.2, -0.15) is 0 Å². The molecule has 0 N–H and O–H groups in total. The van der Waals surface area contributed by atoms with Gasteiger partial charge < -0.3 is 18.1 Å². The van der Waals surface area contributed by atoms with Crippen molar-refractivity contribution in [1.29, 1.82) is 0 Å². The van der Waals surface area contributed by atoms with Crippen LogP contribution in [0.25, 0.3) is 0 Å². The third-order valence-electron chi connectivity index (χ3n) is 11.9. The van der Waals surface area contributed by atoms with Gasteiger partial charge in [-0.05, 0) is 89.3 Å². The smallest absolute Gasteiger partial charge is 0.415 e. The predicted molar refractivity (Wildman–Crippen MR) is 260 cm³/mol. The third kappa shape index (κ3) is 8.98. The SMILES string of the molecule is Cc1cc2c(c(C(C)(C)C)c1)OP(=O)(C(c1ccc(Br)cc1)P1(=O)Oc3c(cc(C)cc3C(C)(C)C)Cc3cc(C)cc(C(C)(C)C)c3O1)Oc1c(cc(C)cc1C(C)(C)C)C2. The highest BCUT2D eigenvalue weighted by molar-refractivity contribution is 9.10. The van der Waals surface area contributed by atoms with Crippen molar-refractivity contribution >= 4 is 31.1 Å². The molecule has 5 aromatic rings. The first-order chi connectivity index (χ1) is 28.5. The van der Waals surface area contributed by atoms with Gasteiger partial charge in [-0.3, -0.25) is 0 Å². The Morgan fingerprint density at radius 1 is 0.435 bits per heavy atom. The first-order valence-corrected chi connectivity index (χ1v) is 25.8. The van der Waals surface area contributed by atoms with Crippen LogP contribution in [0, 0.1) is 27.7 Å². The zero-order chi connectivity index (χ0) is 45.7. The predicted octanol–water partition coefficient (Wildman–Crippen LogP) is 16.4. The third-order valence-corrected chi connectivity index (χ3v) is 17.6. The lowest BCUT2D eigenvalue weighted by Gasteiger charge is -2.39.